The minimum Gasteiger partial charge on any atom is -1.00 e. The monoisotopic (exact) mass is 250 g/mol. The SMILES string of the molecule is COC(=O)C[N+]1(CC(=O)OC)C=CNC1.[Cl-]. The van der Waals surface area contributed by atoms with Gasteiger partial charge in [-0.2, -0.15) is 0 Å². The molecule has 0 aromatic rings. The van der Waals surface area contributed by atoms with Crippen LogP contribution in [0.15, 0.2) is 12.4 Å². The van der Waals surface area contributed by atoms with E-state index in [4.69, 9.17) is 0 Å². The van der Waals surface area contributed by atoms with Gasteiger partial charge in [0.25, 0.3) is 0 Å². The van der Waals surface area contributed by atoms with E-state index in [9.17, 15) is 9.59 Å². The van der Waals surface area contributed by atoms with E-state index in [1.165, 1.54) is 14.2 Å². The van der Waals surface area contributed by atoms with Crippen molar-refractivity contribution < 1.29 is 36.0 Å². The van der Waals surface area contributed by atoms with E-state index in [0.29, 0.717) is 6.67 Å². The van der Waals surface area contributed by atoms with E-state index in [1.54, 1.807) is 12.4 Å². The van der Waals surface area contributed by atoms with Crippen LogP contribution < -0.4 is 17.7 Å². The lowest BCUT2D eigenvalue weighted by molar-refractivity contribution is -0.861. The molecule has 1 heterocycles. The number of carbonyl (C=O) groups excluding carboxylic acids is 2. The summed E-state index contributed by atoms with van der Waals surface area (Å²) in [6, 6.07) is 0. The number of hydrogen-bond donors (Lipinski definition) is 1. The minimum absolute atomic E-state index is 0. The van der Waals surface area contributed by atoms with Gasteiger partial charge in [0.1, 0.15) is 6.20 Å². The summed E-state index contributed by atoms with van der Waals surface area (Å²) in [5.41, 5.74) is 0. The van der Waals surface area contributed by atoms with Crippen LogP contribution in [-0.2, 0) is 19.1 Å². The smallest absolute Gasteiger partial charge is 0.361 e. The molecule has 1 N–H and O–H groups in total. The molecule has 6 nitrogen and oxygen atoms in total. The predicted molar refractivity (Wildman–Crippen MR) is 51.2 cm³/mol. The number of methoxy groups -OCH3 is 2. The number of halogens is 1. The number of carbonyl (C=O) groups is 2. The first-order valence-corrected chi connectivity index (χ1v) is 4.52. The zero-order valence-corrected chi connectivity index (χ0v) is 9.99. The van der Waals surface area contributed by atoms with Crippen LogP contribution in [0.3, 0.4) is 0 Å². The van der Waals surface area contributed by atoms with Crippen molar-refractivity contribution in [3.63, 3.8) is 0 Å². The molecule has 92 valence electrons. The Labute approximate surface area is 100 Å². The van der Waals surface area contributed by atoms with Crippen molar-refractivity contribution in [1.82, 2.24) is 5.32 Å². The number of esters is 2. The van der Waals surface area contributed by atoms with Crippen molar-refractivity contribution in [3.8, 4) is 0 Å². The molecule has 0 saturated carbocycles. The fourth-order valence-electron chi connectivity index (χ4n) is 1.41. The Hall–Kier alpha value is -1.27. The molecule has 7 heteroatoms. The summed E-state index contributed by atoms with van der Waals surface area (Å²) in [5, 5.41) is 2.95. The van der Waals surface area contributed by atoms with Crippen LogP contribution in [0, 0.1) is 0 Å². The molecule has 0 unspecified atom stereocenters. The van der Waals surface area contributed by atoms with E-state index >= 15 is 0 Å². The molecule has 0 saturated heterocycles. The highest BCUT2D eigenvalue weighted by molar-refractivity contribution is 5.73. The summed E-state index contributed by atoms with van der Waals surface area (Å²) < 4.78 is 9.36. The van der Waals surface area contributed by atoms with E-state index in [0.717, 1.165) is 0 Å². The highest BCUT2D eigenvalue weighted by atomic mass is 35.5. The predicted octanol–water partition coefficient (Wildman–Crippen LogP) is -3.81. The molecule has 1 rings (SSSR count). The van der Waals surface area contributed by atoms with E-state index in [-0.39, 0.29) is 41.9 Å². The first-order valence-electron chi connectivity index (χ1n) is 4.52. The van der Waals surface area contributed by atoms with Crippen LogP contribution in [0.5, 0.6) is 0 Å². The van der Waals surface area contributed by atoms with Crippen LogP contribution in [0.25, 0.3) is 0 Å². The van der Waals surface area contributed by atoms with Crippen LogP contribution in [0.4, 0.5) is 0 Å². The topological polar surface area (TPSA) is 64.6 Å². The first kappa shape index (κ1) is 14.7. The standard InChI is InChI=1S/C9H15N2O4.ClH/c1-14-8(12)5-11(4-3-10-7-11)6-9(13)15-2;/h3-4,10H,5-7H2,1-2H3;1H/q+1;/p-1. The Morgan fingerprint density at radius 3 is 2.06 bits per heavy atom. The summed E-state index contributed by atoms with van der Waals surface area (Å²) in [5.74, 6) is -0.709. The van der Waals surface area contributed by atoms with Crippen molar-refractivity contribution >= 4 is 11.9 Å². The van der Waals surface area contributed by atoms with E-state index in [2.05, 4.69) is 14.8 Å². The Morgan fingerprint density at radius 2 is 1.75 bits per heavy atom. The van der Waals surface area contributed by atoms with Crippen molar-refractivity contribution in [2.75, 3.05) is 34.0 Å². The first-order chi connectivity index (χ1) is 7.12. The lowest BCUT2D eigenvalue weighted by Gasteiger charge is -2.27. The normalized spacial score (nSPS) is 15.9. The van der Waals surface area contributed by atoms with Crippen LogP contribution in [0.2, 0.25) is 0 Å². The Bertz CT molecular complexity index is 275. The summed E-state index contributed by atoms with van der Waals surface area (Å²) in [6.07, 6.45) is 3.47. The second kappa shape index (κ2) is 6.34. The van der Waals surface area contributed by atoms with Crippen molar-refractivity contribution in [2.24, 2.45) is 0 Å². The third-order valence-electron chi connectivity index (χ3n) is 2.26. The van der Waals surface area contributed by atoms with Gasteiger partial charge in [-0.1, -0.05) is 0 Å². The molecule has 0 bridgehead atoms. The van der Waals surface area contributed by atoms with E-state index < -0.39 is 0 Å². The molecule has 0 atom stereocenters. The second-order valence-corrected chi connectivity index (χ2v) is 3.37. The maximum absolute atomic E-state index is 11.2. The van der Waals surface area contributed by atoms with Crippen molar-refractivity contribution in [3.05, 3.63) is 12.4 Å². The van der Waals surface area contributed by atoms with Crippen LogP contribution in [0.1, 0.15) is 0 Å². The summed E-state index contributed by atoms with van der Waals surface area (Å²) in [6.45, 7) is 0.731. The molecule has 0 radical (unpaired) electrons. The fraction of sp³-hybridized carbons (Fsp3) is 0.556. The second-order valence-electron chi connectivity index (χ2n) is 3.37. The summed E-state index contributed by atoms with van der Waals surface area (Å²) in [7, 11) is 2.65. The van der Waals surface area contributed by atoms with Gasteiger partial charge in [-0.05, 0) is 0 Å². The summed E-state index contributed by atoms with van der Waals surface area (Å²) in [4.78, 5) is 22.4. The average Bonchev–Trinajstić information content (AvgIpc) is 2.66. The van der Waals surface area contributed by atoms with Gasteiger partial charge < -0.3 is 27.2 Å². The van der Waals surface area contributed by atoms with Crippen molar-refractivity contribution in [2.45, 2.75) is 0 Å². The lowest BCUT2D eigenvalue weighted by atomic mass is 10.4. The number of quaternary nitrogens is 1. The Kier molecular flexibility index (Phi) is 5.84. The quantitative estimate of drug-likeness (QED) is 0.409. The molecule has 1 aliphatic heterocycles. The maximum Gasteiger partial charge on any atom is 0.361 e. The molecule has 0 fully saturated rings. The number of nitrogens with one attached hydrogen (secondary N) is 1. The third kappa shape index (κ3) is 3.71. The number of rotatable bonds is 4. The highest BCUT2D eigenvalue weighted by Crippen LogP contribution is 2.11. The molecule has 16 heavy (non-hydrogen) atoms. The van der Waals surface area contributed by atoms with Gasteiger partial charge >= 0.3 is 11.9 Å². The zero-order valence-electron chi connectivity index (χ0n) is 9.23. The van der Waals surface area contributed by atoms with Gasteiger partial charge in [0.05, 0.1) is 20.4 Å². The van der Waals surface area contributed by atoms with Gasteiger partial charge in [0.2, 0.25) is 0 Å². The maximum atomic E-state index is 11.2. The van der Waals surface area contributed by atoms with Gasteiger partial charge in [-0.25, -0.2) is 9.59 Å². The van der Waals surface area contributed by atoms with Gasteiger partial charge in [0.15, 0.2) is 19.8 Å². The highest BCUT2D eigenvalue weighted by Gasteiger charge is 2.34. The number of ether oxygens (including phenoxy) is 2. The number of hydrogen-bond acceptors (Lipinski definition) is 5. The summed E-state index contributed by atoms with van der Waals surface area (Å²) >= 11 is 0. The van der Waals surface area contributed by atoms with Crippen LogP contribution in [-0.4, -0.2) is 50.4 Å². The van der Waals surface area contributed by atoms with Crippen molar-refractivity contribution in [1.29, 1.82) is 0 Å². The molecule has 0 aromatic carbocycles. The van der Waals surface area contributed by atoms with Gasteiger partial charge in [-0.15, -0.1) is 0 Å². The minimum atomic E-state index is -0.354. The van der Waals surface area contributed by atoms with Gasteiger partial charge in [0, 0.05) is 0 Å². The molecule has 1 aliphatic rings. The molecular weight excluding hydrogens is 236 g/mol. The van der Waals surface area contributed by atoms with Gasteiger partial charge in [-0.3, -0.25) is 4.48 Å². The van der Waals surface area contributed by atoms with Crippen LogP contribution >= 0.6 is 0 Å². The fourth-order valence-corrected chi connectivity index (χ4v) is 1.41. The largest absolute Gasteiger partial charge is 1.00 e. The average molecular weight is 251 g/mol. The molecule has 0 aliphatic carbocycles. The Balaban J connectivity index is 0.00000225. The molecule has 0 amide bonds. The Morgan fingerprint density at radius 1 is 1.25 bits per heavy atom. The zero-order chi connectivity index (χ0) is 11.3. The molecule has 0 spiro atoms. The lowest BCUT2D eigenvalue weighted by Crippen LogP contribution is -3.00. The number of nitrogens with zero attached hydrogens (tertiary/aromatic N) is 1. The molecule has 0 aromatic heterocycles. The van der Waals surface area contributed by atoms with E-state index in [1.807, 2.05) is 0 Å². The molecular formula is C9H15ClN2O4. The third-order valence-corrected chi connectivity index (χ3v) is 2.26.